The fourth-order valence-corrected chi connectivity index (χ4v) is 0.668. The van der Waals surface area contributed by atoms with Crippen LogP contribution in [0.4, 0.5) is 5.69 Å². The van der Waals surface area contributed by atoms with Gasteiger partial charge >= 0.3 is 6.01 Å². The lowest BCUT2D eigenvalue weighted by atomic mass is 10.5. The van der Waals surface area contributed by atoms with Crippen LogP contribution in [0.5, 0.6) is 6.01 Å². The molecule has 5 nitrogen and oxygen atoms in total. The van der Waals surface area contributed by atoms with Crippen molar-refractivity contribution in [1.29, 1.82) is 0 Å². The first-order valence-corrected chi connectivity index (χ1v) is 3.45. The van der Waals surface area contributed by atoms with Crippen LogP contribution in [0.1, 0.15) is 0 Å². The molecule has 0 spiro atoms. The Kier molecular flexibility index (Phi) is 3.28. The molecule has 0 saturated heterocycles. The van der Waals surface area contributed by atoms with Crippen molar-refractivity contribution >= 4 is 5.69 Å². The van der Waals surface area contributed by atoms with Gasteiger partial charge in [-0.3, -0.25) is 0 Å². The van der Waals surface area contributed by atoms with E-state index in [9.17, 15) is 0 Å². The number of anilines is 1. The number of hydrogen-bond acceptors (Lipinski definition) is 5. The Morgan fingerprint density at radius 2 is 2.00 bits per heavy atom. The highest BCUT2D eigenvalue weighted by molar-refractivity contribution is 5.37. The molecule has 1 aromatic heterocycles. The number of nitrogens with one attached hydrogen (secondary N) is 1. The van der Waals surface area contributed by atoms with Crippen LogP contribution in [0.15, 0.2) is 12.4 Å². The van der Waals surface area contributed by atoms with E-state index >= 15 is 0 Å². The van der Waals surface area contributed by atoms with Gasteiger partial charge in [0, 0.05) is 7.11 Å². The number of rotatable bonds is 4. The van der Waals surface area contributed by atoms with Crippen LogP contribution in [-0.2, 0) is 4.74 Å². The molecular formula is C7H11N3O2. The van der Waals surface area contributed by atoms with E-state index in [1.807, 2.05) is 0 Å². The van der Waals surface area contributed by atoms with Crippen molar-refractivity contribution < 1.29 is 9.47 Å². The summed E-state index contributed by atoms with van der Waals surface area (Å²) in [6.07, 6.45) is 3.26. The SMILES string of the molecule is COCNc1cnc(OC)nc1. The van der Waals surface area contributed by atoms with Crippen molar-refractivity contribution in [3.63, 3.8) is 0 Å². The molecule has 1 rings (SSSR count). The maximum Gasteiger partial charge on any atom is 0.316 e. The number of methoxy groups -OCH3 is 2. The number of ether oxygens (including phenoxy) is 2. The maximum absolute atomic E-state index is 4.80. The smallest absolute Gasteiger partial charge is 0.316 e. The number of nitrogens with zero attached hydrogens (tertiary/aromatic N) is 2. The number of aromatic nitrogens is 2. The standard InChI is InChI=1S/C7H11N3O2/c1-11-5-10-6-3-8-7(12-2)9-4-6/h3-4,10H,5H2,1-2H3. The summed E-state index contributed by atoms with van der Waals surface area (Å²) in [7, 11) is 3.13. The summed E-state index contributed by atoms with van der Waals surface area (Å²) >= 11 is 0. The first-order valence-electron chi connectivity index (χ1n) is 3.45. The molecule has 0 aliphatic rings. The first-order chi connectivity index (χ1) is 5.86. The maximum atomic E-state index is 4.80. The molecular weight excluding hydrogens is 158 g/mol. The summed E-state index contributed by atoms with van der Waals surface area (Å²) in [6.45, 7) is 0.440. The highest BCUT2D eigenvalue weighted by Crippen LogP contribution is 2.05. The van der Waals surface area contributed by atoms with E-state index in [4.69, 9.17) is 9.47 Å². The summed E-state index contributed by atoms with van der Waals surface area (Å²) in [5, 5.41) is 2.94. The molecule has 1 heterocycles. The van der Waals surface area contributed by atoms with Crippen molar-refractivity contribution in [3.05, 3.63) is 12.4 Å². The van der Waals surface area contributed by atoms with E-state index in [2.05, 4.69) is 15.3 Å². The molecule has 0 aromatic carbocycles. The normalized spacial score (nSPS) is 9.50. The lowest BCUT2D eigenvalue weighted by Gasteiger charge is -2.03. The van der Waals surface area contributed by atoms with Crippen LogP contribution < -0.4 is 10.1 Å². The average Bonchev–Trinajstić information content (AvgIpc) is 2.15. The molecule has 1 N–H and O–H groups in total. The quantitative estimate of drug-likeness (QED) is 0.665. The van der Waals surface area contributed by atoms with Crippen LogP contribution in [0.2, 0.25) is 0 Å². The highest BCUT2D eigenvalue weighted by Gasteiger charge is 1.94. The zero-order valence-electron chi connectivity index (χ0n) is 7.07. The van der Waals surface area contributed by atoms with E-state index in [1.165, 1.54) is 7.11 Å². The minimum absolute atomic E-state index is 0.359. The van der Waals surface area contributed by atoms with Crippen molar-refractivity contribution in [2.45, 2.75) is 0 Å². The third kappa shape index (κ3) is 2.35. The summed E-state index contributed by atoms with van der Waals surface area (Å²) in [5.74, 6) is 0. The van der Waals surface area contributed by atoms with E-state index < -0.39 is 0 Å². The van der Waals surface area contributed by atoms with Crippen LogP contribution in [0, 0.1) is 0 Å². The summed E-state index contributed by atoms with van der Waals surface area (Å²) in [4.78, 5) is 7.80. The first kappa shape index (κ1) is 8.73. The van der Waals surface area contributed by atoms with Gasteiger partial charge in [-0.1, -0.05) is 0 Å². The predicted octanol–water partition coefficient (Wildman–Crippen LogP) is 0.501. The van der Waals surface area contributed by atoms with Gasteiger partial charge in [0.25, 0.3) is 0 Å². The number of hydrogen-bond donors (Lipinski definition) is 1. The van der Waals surface area contributed by atoms with E-state index in [0.29, 0.717) is 12.7 Å². The van der Waals surface area contributed by atoms with Crippen LogP contribution in [-0.4, -0.2) is 30.9 Å². The second kappa shape index (κ2) is 4.50. The van der Waals surface area contributed by atoms with Gasteiger partial charge in [0.15, 0.2) is 0 Å². The fraction of sp³-hybridized carbons (Fsp3) is 0.429. The molecule has 0 fully saturated rings. The van der Waals surface area contributed by atoms with Gasteiger partial charge in [0.2, 0.25) is 0 Å². The minimum atomic E-state index is 0.359. The molecule has 0 radical (unpaired) electrons. The molecule has 0 bridgehead atoms. The monoisotopic (exact) mass is 169 g/mol. The van der Waals surface area contributed by atoms with E-state index in [-0.39, 0.29) is 0 Å². The largest absolute Gasteiger partial charge is 0.467 e. The Bertz CT molecular complexity index is 225. The van der Waals surface area contributed by atoms with Crippen LogP contribution >= 0.6 is 0 Å². The Morgan fingerprint density at radius 1 is 1.33 bits per heavy atom. The van der Waals surface area contributed by atoms with Crippen LogP contribution in [0.3, 0.4) is 0 Å². The predicted molar refractivity (Wildman–Crippen MR) is 44.1 cm³/mol. The summed E-state index contributed by atoms with van der Waals surface area (Å²) in [6, 6.07) is 0.359. The molecule has 12 heavy (non-hydrogen) atoms. The molecule has 5 heteroatoms. The fourth-order valence-electron chi connectivity index (χ4n) is 0.668. The molecule has 0 aliphatic heterocycles. The second-order valence-electron chi connectivity index (χ2n) is 2.07. The molecule has 0 aliphatic carbocycles. The molecule has 0 saturated carbocycles. The van der Waals surface area contributed by atoms with Crippen molar-refractivity contribution in [1.82, 2.24) is 9.97 Å². The van der Waals surface area contributed by atoms with E-state index in [0.717, 1.165) is 5.69 Å². The van der Waals surface area contributed by atoms with Crippen molar-refractivity contribution in [2.24, 2.45) is 0 Å². The molecule has 1 aromatic rings. The Labute approximate surface area is 70.7 Å². The van der Waals surface area contributed by atoms with Crippen molar-refractivity contribution in [2.75, 3.05) is 26.3 Å². The summed E-state index contributed by atoms with van der Waals surface area (Å²) in [5.41, 5.74) is 0.803. The minimum Gasteiger partial charge on any atom is -0.467 e. The van der Waals surface area contributed by atoms with Gasteiger partial charge < -0.3 is 14.8 Å². The molecule has 0 atom stereocenters. The topological polar surface area (TPSA) is 56.3 Å². The second-order valence-corrected chi connectivity index (χ2v) is 2.07. The molecule has 0 unspecified atom stereocenters. The van der Waals surface area contributed by atoms with Gasteiger partial charge in [-0.05, 0) is 0 Å². The highest BCUT2D eigenvalue weighted by atomic mass is 16.5. The Morgan fingerprint density at radius 3 is 2.50 bits per heavy atom. The van der Waals surface area contributed by atoms with E-state index in [1.54, 1.807) is 19.5 Å². The third-order valence-electron chi connectivity index (χ3n) is 1.23. The lowest BCUT2D eigenvalue weighted by Crippen LogP contribution is -2.04. The van der Waals surface area contributed by atoms with Gasteiger partial charge in [0.05, 0.1) is 25.2 Å². The Balaban J connectivity index is 2.53. The van der Waals surface area contributed by atoms with Gasteiger partial charge in [-0.15, -0.1) is 0 Å². The third-order valence-corrected chi connectivity index (χ3v) is 1.23. The molecule has 0 amide bonds. The summed E-state index contributed by atoms with van der Waals surface area (Å²) < 4.78 is 9.60. The lowest BCUT2D eigenvalue weighted by molar-refractivity contribution is 0.221. The van der Waals surface area contributed by atoms with Gasteiger partial charge in [0.1, 0.15) is 6.73 Å². The van der Waals surface area contributed by atoms with Crippen molar-refractivity contribution in [3.8, 4) is 6.01 Å². The van der Waals surface area contributed by atoms with Gasteiger partial charge in [-0.2, -0.15) is 0 Å². The zero-order valence-corrected chi connectivity index (χ0v) is 7.07. The zero-order chi connectivity index (χ0) is 8.81. The average molecular weight is 169 g/mol. The molecule has 66 valence electrons. The van der Waals surface area contributed by atoms with Gasteiger partial charge in [-0.25, -0.2) is 9.97 Å². The Hall–Kier alpha value is -1.36. The van der Waals surface area contributed by atoms with Crippen LogP contribution in [0.25, 0.3) is 0 Å².